The highest BCUT2D eigenvalue weighted by molar-refractivity contribution is 9.10. The molecule has 0 aliphatic carbocycles. The van der Waals surface area contributed by atoms with Crippen molar-refractivity contribution < 1.29 is 13.9 Å². The summed E-state index contributed by atoms with van der Waals surface area (Å²) in [5, 5.41) is 2.64. The number of halogens is 2. The summed E-state index contributed by atoms with van der Waals surface area (Å²) in [7, 11) is 1.56. The van der Waals surface area contributed by atoms with Gasteiger partial charge in [-0.2, -0.15) is 0 Å². The highest BCUT2D eigenvalue weighted by atomic mass is 79.9. The van der Waals surface area contributed by atoms with Crippen LogP contribution in [0.15, 0.2) is 22.7 Å². The Labute approximate surface area is 108 Å². The molecule has 0 aliphatic rings. The van der Waals surface area contributed by atoms with Gasteiger partial charge in [0.1, 0.15) is 5.82 Å². The van der Waals surface area contributed by atoms with Crippen molar-refractivity contribution in [2.24, 2.45) is 0 Å². The lowest BCUT2D eigenvalue weighted by Gasteiger charge is -2.23. The maximum atomic E-state index is 13.5. The first-order chi connectivity index (χ1) is 7.87. The summed E-state index contributed by atoms with van der Waals surface area (Å²) in [4.78, 5) is 11.8. The second-order valence-corrected chi connectivity index (χ2v) is 5.10. The second kappa shape index (κ2) is 5.60. The number of carbonyl (C=O) groups excluding carboxylic acids is 1. The van der Waals surface area contributed by atoms with Crippen LogP contribution in [0.4, 0.5) is 4.39 Å². The van der Waals surface area contributed by atoms with Gasteiger partial charge >= 0.3 is 0 Å². The summed E-state index contributed by atoms with van der Waals surface area (Å²) >= 11 is 3.15. The normalized spacial score (nSPS) is 11.4. The largest absolute Gasteiger partial charge is 0.377 e. The topological polar surface area (TPSA) is 38.3 Å². The quantitative estimate of drug-likeness (QED) is 0.929. The number of hydrogen-bond donors (Lipinski definition) is 1. The summed E-state index contributed by atoms with van der Waals surface area (Å²) in [6, 6.07) is 4.41. The zero-order chi connectivity index (χ0) is 13.1. The number of hydrogen-bond acceptors (Lipinski definition) is 2. The van der Waals surface area contributed by atoms with E-state index in [0.29, 0.717) is 11.0 Å². The molecule has 0 aliphatic heterocycles. The van der Waals surface area contributed by atoms with Crippen molar-refractivity contribution in [1.82, 2.24) is 5.32 Å². The summed E-state index contributed by atoms with van der Waals surface area (Å²) in [6.07, 6.45) is 0. The van der Waals surface area contributed by atoms with E-state index in [9.17, 15) is 9.18 Å². The van der Waals surface area contributed by atoms with Crippen molar-refractivity contribution in [3.8, 4) is 0 Å². The molecular formula is C12H15BrFNO2. The van der Waals surface area contributed by atoms with Crippen molar-refractivity contribution in [2.75, 3.05) is 13.7 Å². The number of amides is 1. The van der Waals surface area contributed by atoms with Crippen LogP contribution in [0.2, 0.25) is 0 Å². The smallest absolute Gasteiger partial charge is 0.255 e. The van der Waals surface area contributed by atoms with Gasteiger partial charge in [-0.25, -0.2) is 4.39 Å². The Morgan fingerprint density at radius 2 is 2.18 bits per heavy atom. The van der Waals surface area contributed by atoms with Gasteiger partial charge in [0.25, 0.3) is 5.91 Å². The second-order valence-electron chi connectivity index (χ2n) is 4.24. The van der Waals surface area contributed by atoms with Gasteiger partial charge in [0, 0.05) is 18.1 Å². The van der Waals surface area contributed by atoms with Gasteiger partial charge in [-0.15, -0.1) is 0 Å². The van der Waals surface area contributed by atoms with Gasteiger partial charge in [-0.05, 0) is 41.9 Å². The molecule has 3 nitrogen and oxygen atoms in total. The molecule has 94 valence electrons. The predicted octanol–water partition coefficient (Wildman–Crippen LogP) is 2.74. The molecule has 0 spiro atoms. The molecule has 0 saturated heterocycles. The van der Waals surface area contributed by atoms with Crippen molar-refractivity contribution in [2.45, 2.75) is 19.4 Å². The molecular weight excluding hydrogens is 289 g/mol. The lowest BCUT2D eigenvalue weighted by Crippen LogP contribution is -2.40. The van der Waals surface area contributed by atoms with Gasteiger partial charge in [0.05, 0.1) is 11.2 Å². The third-order valence-corrected chi connectivity index (χ3v) is 3.08. The molecule has 0 aromatic heterocycles. The standard InChI is InChI=1S/C12H15BrFNO2/c1-12(2,17-3)7-15-11(16)10-8(13)5-4-6-9(10)14/h4-6H,7H2,1-3H3,(H,15,16). The number of methoxy groups -OCH3 is 1. The fourth-order valence-corrected chi connectivity index (χ4v) is 1.69. The van der Waals surface area contributed by atoms with Crippen LogP contribution in [-0.4, -0.2) is 25.2 Å². The van der Waals surface area contributed by atoms with Crippen molar-refractivity contribution in [3.05, 3.63) is 34.1 Å². The lowest BCUT2D eigenvalue weighted by molar-refractivity contribution is 0.0228. The third-order valence-electron chi connectivity index (χ3n) is 2.42. The van der Waals surface area contributed by atoms with Crippen LogP contribution < -0.4 is 5.32 Å². The van der Waals surface area contributed by atoms with Crippen molar-refractivity contribution >= 4 is 21.8 Å². The molecule has 0 atom stereocenters. The zero-order valence-corrected chi connectivity index (χ0v) is 11.6. The molecule has 1 N–H and O–H groups in total. The fourth-order valence-electron chi connectivity index (χ4n) is 1.17. The van der Waals surface area contributed by atoms with Crippen molar-refractivity contribution in [1.29, 1.82) is 0 Å². The number of carbonyl (C=O) groups is 1. The highest BCUT2D eigenvalue weighted by Gasteiger charge is 2.20. The molecule has 0 unspecified atom stereocenters. The van der Waals surface area contributed by atoms with E-state index in [-0.39, 0.29) is 5.56 Å². The summed E-state index contributed by atoms with van der Waals surface area (Å²) in [6.45, 7) is 3.98. The molecule has 0 heterocycles. The van der Waals surface area contributed by atoms with Crippen LogP contribution in [0, 0.1) is 5.82 Å². The van der Waals surface area contributed by atoms with E-state index < -0.39 is 17.3 Å². The molecule has 0 fully saturated rings. The molecule has 1 rings (SSSR count). The number of benzene rings is 1. The summed E-state index contributed by atoms with van der Waals surface area (Å²) < 4.78 is 19.1. The summed E-state index contributed by atoms with van der Waals surface area (Å²) in [5.41, 5.74) is -0.465. The van der Waals surface area contributed by atoms with Gasteiger partial charge < -0.3 is 10.1 Å². The molecule has 0 saturated carbocycles. The van der Waals surface area contributed by atoms with E-state index in [1.54, 1.807) is 13.2 Å². The van der Waals surface area contributed by atoms with E-state index >= 15 is 0 Å². The Bertz CT molecular complexity index is 401. The molecule has 0 bridgehead atoms. The Hall–Kier alpha value is -0.940. The van der Waals surface area contributed by atoms with Crippen LogP contribution >= 0.6 is 15.9 Å². The van der Waals surface area contributed by atoms with Crippen LogP contribution in [-0.2, 0) is 4.74 Å². The minimum Gasteiger partial charge on any atom is -0.377 e. The Morgan fingerprint density at radius 3 is 2.71 bits per heavy atom. The Balaban J connectivity index is 2.78. The first kappa shape index (κ1) is 14.1. The highest BCUT2D eigenvalue weighted by Crippen LogP contribution is 2.19. The first-order valence-electron chi connectivity index (χ1n) is 5.15. The average molecular weight is 304 g/mol. The van der Waals surface area contributed by atoms with E-state index in [4.69, 9.17) is 4.74 Å². The number of rotatable bonds is 4. The Morgan fingerprint density at radius 1 is 1.53 bits per heavy atom. The zero-order valence-electron chi connectivity index (χ0n) is 10.0. The van der Waals surface area contributed by atoms with Crippen LogP contribution in [0.3, 0.4) is 0 Å². The van der Waals surface area contributed by atoms with Crippen molar-refractivity contribution in [3.63, 3.8) is 0 Å². The van der Waals surface area contributed by atoms with Gasteiger partial charge in [0.15, 0.2) is 0 Å². The van der Waals surface area contributed by atoms with Gasteiger partial charge in [-0.3, -0.25) is 4.79 Å². The van der Waals surface area contributed by atoms with E-state index in [2.05, 4.69) is 21.2 Å². The number of ether oxygens (including phenoxy) is 1. The summed E-state index contributed by atoms with van der Waals surface area (Å²) in [5.74, 6) is -1.01. The van der Waals surface area contributed by atoms with E-state index in [0.717, 1.165) is 0 Å². The third kappa shape index (κ3) is 3.78. The fraction of sp³-hybridized carbons (Fsp3) is 0.417. The van der Waals surface area contributed by atoms with Gasteiger partial charge in [-0.1, -0.05) is 6.07 Å². The predicted molar refractivity (Wildman–Crippen MR) is 67.5 cm³/mol. The maximum absolute atomic E-state index is 13.5. The molecule has 1 aromatic rings. The average Bonchev–Trinajstić information content (AvgIpc) is 2.26. The van der Waals surface area contributed by atoms with Gasteiger partial charge in [0.2, 0.25) is 0 Å². The SMILES string of the molecule is COC(C)(C)CNC(=O)c1c(F)cccc1Br. The first-order valence-corrected chi connectivity index (χ1v) is 5.94. The number of nitrogens with one attached hydrogen (secondary N) is 1. The molecule has 5 heteroatoms. The maximum Gasteiger partial charge on any atom is 0.255 e. The van der Waals surface area contributed by atoms with Crippen LogP contribution in [0.5, 0.6) is 0 Å². The molecule has 1 aromatic carbocycles. The lowest BCUT2D eigenvalue weighted by atomic mass is 10.1. The minimum atomic E-state index is -0.549. The monoisotopic (exact) mass is 303 g/mol. The molecule has 17 heavy (non-hydrogen) atoms. The molecule has 1 amide bonds. The van der Waals surface area contributed by atoms with Crippen LogP contribution in [0.25, 0.3) is 0 Å². The van der Waals surface area contributed by atoms with Crippen LogP contribution in [0.1, 0.15) is 24.2 Å². The van der Waals surface area contributed by atoms with E-state index in [1.165, 1.54) is 12.1 Å². The molecule has 0 radical (unpaired) electrons. The minimum absolute atomic E-state index is 0.0133. The van der Waals surface area contributed by atoms with E-state index in [1.807, 2.05) is 13.8 Å². The Kier molecular flexibility index (Phi) is 4.65.